The maximum atomic E-state index is 4.27. The van der Waals surface area contributed by atoms with E-state index in [1.807, 2.05) is 49.4 Å². The fourth-order valence-corrected chi connectivity index (χ4v) is 0.874. The van der Waals surface area contributed by atoms with Crippen LogP contribution in [0.3, 0.4) is 0 Å². The molecule has 0 rings (SSSR count). The quantitative estimate of drug-likeness (QED) is 0.198. The molecule has 0 spiro atoms. The van der Waals surface area contributed by atoms with Gasteiger partial charge in [-0.25, -0.2) is 26.6 Å². The molecule has 13 radical (unpaired) electrons. The van der Waals surface area contributed by atoms with E-state index in [0.29, 0.717) is 0 Å². The predicted octanol–water partition coefficient (Wildman–Crippen LogP) is -4.72. The van der Waals surface area contributed by atoms with E-state index < -0.39 is 0 Å². The lowest BCUT2D eigenvalue weighted by atomic mass is 8.87. The van der Waals surface area contributed by atoms with E-state index >= 15 is 0 Å². The third-order valence-corrected chi connectivity index (χ3v) is 1.57. The Hall–Kier alpha value is 1.13. The van der Waals surface area contributed by atoms with Gasteiger partial charge in [-0.2, -0.15) is 0 Å². The van der Waals surface area contributed by atoms with Crippen LogP contribution in [0, 0.1) is 0 Å². The predicted molar refractivity (Wildman–Crippen MR) is 80.8 cm³/mol. The molecule has 13 heavy (non-hydrogen) atoms. The zero-order valence-corrected chi connectivity index (χ0v) is 8.53. The number of hydrogen-bond donors (Lipinski definition) is 1. The van der Waals surface area contributed by atoms with Crippen molar-refractivity contribution in [1.82, 2.24) is 0 Å². The summed E-state index contributed by atoms with van der Waals surface area (Å²) in [5, 5.41) is 0. The van der Waals surface area contributed by atoms with Gasteiger partial charge in [0.05, 0.1) is 0 Å². The van der Waals surface area contributed by atoms with Crippen molar-refractivity contribution >= 4 is 97.3 Å². The first-order chi connectivity index (χ1) is 6.31. The second kappa shape index (κ2) is 11.2. The molecule has 0 amide bonds. The monoisotopic (exact) mass is 167 g/mol. The molecular weight excluding hydrogens is 162 g/mol. The van der Waals surface area contributed by atoms with E-state index in [9.17, 15) is 0 Å². The Balaban J connectivity index is 2.97. The van der Waals surface area contributed by atoms with Gasteiger partial charge in [0, 0.05) is 21.2 Å². The van der Waals surface area contributed by atoms with Gasteiger partial charge in [-0.3, -0.25) is 0 Å². The molecule has 0 unspecified atom stereocenters. The highest BCUT2D eigenvalue weighted by atomic mass is 32.1. The van der Waals surface area contributed by atoms with Crippen LogP contribution < -0.4 is 0 Å². The van der Waals surface area contributed by atoms with Crippen LogP contribution in [0.5, 0.6) is 0 Å². The molecule has 0 saturated heterocycles. The Morgan fingerprint density at radius 1 is 0.769 bits per heavy atom. The third-order valence-electron chi connectivity index (χ3n) is 1.22. The second-order valence-electron chi connectivity index (χ2n) is 2.31. The summed E-state index contributed by atoms with van der Waals surface area (Å²) in [6, 6.07) is 0. The Bertz CT molecular complexity index is 91.1. The summed E-state index contributed by atoms with van der Waals surface area (Å²) in [6.45, 7) is 0. The fraction of sp³-hybridized carbons (Fsp3) is 0. The van der Waals surface area contributed by atoms with Gasteiger partial charge in [0.25, 0.3) is 0 Å². The van der Waals surface area contributed by atoms with Gasteiger partial charge in [0.2, 0.25) is 0 Å². The molecule has 0 fully saturated rings. The van der Waals surface area contributed by atoms with Gasteiger partial charge in [-0.15, -0.1) is 0 Å². The van der Waals surface area contributed by atoms with Crippen molar-refractivity contribution < 1.29 is 0 Å². The van der Waals surface area contributed by atoms with Crippen LogP contribution in [0.15, 0.2) is 0 Å². The molecule has 0 saturated carbocycles. The van der Waals surface area contributed by atoms with Crippen molar-refractivity contribution in [3.63, 3.8) is 0 Å². The number of thiol groups is 1. The summed E-state index contributed by atoms with van der Waals surface area (Å²) in [5.41, 5.74) is 0. The van der Waals surface area contributed by atoms with Crippen molar-refractivity contribution in [2.75, 3.05) is 0 Å². The summed E-state index contributed by atoms with van der Waals surface area (Å²) < 4.78 is 0. The summed E-state index contributed by atoms with van der Waals surface area (Å²) in [6.07, 6.45) is 0. The molecule has 47 valence electrons. The van der Waals surface area contributed by atoms with Crippen LogP contribution in [-0.2, 0) is 0 Å². The van der Waals surface area contributed by atoms with Crippen molar-refractivity contribution in [3.05, 3.63) is 0 Å². The highest BCUT2D eigenvalue weighted by Gasteiger charge is 2.04. The summed E-state index contributed by atoms with van der Waals surface area (Å²) in [5.74, 6) is 0.144. The summed E-state index contributed by atoms with van der Waals surface area (Å²) in [4.78, 5) is 0. The summed E-state index contributed by atoms with van der Waals surface area (Å²) >= 11 is 4.27. The Morgan fingerprint density at radius 3 is 2.00 bits per heavy atom. The molecule has 0 aliphatic rings. The Labute approximate surface area is 97.3 Å². The van der Waals surface area contributed by atoms with Crippen molar-refractivity contribution in [1.29, 1.82) is 0 Å². The average molecular weight is 165 g/mol. The van der Waals surface area contributed by atoms with Crippen LogP contribution in [-0.4, -0.2) is 84.8 Å². The molecule has 0 bridgehead atoms. The van der Waals surface area contributed by atoms with Crippen LogP contribution in [0.4, 0.5) is 0 Å². The highest BCUT2D eigenvalue weighted by molar-refractivity contribution is 8.26. The van der Waals surface area contributed by atoms with Crippen LogP contribution in [0.2, 0.25) is 0 Å². The summed E-state index contributed by atoms with van der Waals surface area (Å²) in [7, 11) is 24.1. The van der Waals surface area contributed by atoms with Gasteiger partial charge in [0.15, 0.2) is 0 Å². The minimum absolute atomic E-state index is 0.144. The van der Waals surface area contributed by atoms with Crippen LogP contribution in [0.25, 0.3) is 0 Å². The normalized spacial score (nSPS) is 7.62. The molecule has 13 heteroatoms. The van der Waals surface area contributed by atoms with E-state index in [0.717, 1.165) is 0 Å². The highest BCUT2D eigenvalue weighted by Crippen LogP contribution is 1.79. The molecule has 0 atom stereocenters. The standard InChI is InChI=1S/B12H3S/c1-3-5-6-7-8-9-11-12(13)10-4-2/h1-2,13H/q-2. The molecule has 0 nitrogen and oxygen atoms in total. The van der Waals surface area contributed by atoms with Gasteiger partial charge < -0.3 is 15.5 Å². The lowest BCUT2D eigenvalue weighted by molar-refractivity contribution is 3.78. The minimum atomic E-state index is 0.144. The van der Waals surface area contributed by atoms with E-state index in [2.05, 4.69) is 28.0 Å². The number of hydrogen-bond acceptors (Lipinski definition) is 1. The zero-order chi connectivity index (χ0) is 9.94. The first-order valence-electron chi connectivity index (χ1n) is 4.07. The van der Waals surface area contributed by atoms with E-state index in [-0.39, 0.29) is 5.77 Å². The lowest BCUT2D eigenvalue weighted by Crippen LogP contribution is -2.37. The zero-order valence-electron chi connectivity index (χ0n) is 7.63. The molecular formula is H3B12S-2. The molecule has 0 N–H and O–H groups in total. The third kappa shape index (κ3) is 11.1. The van der Waals surface area contributed by atoms with E-state index in [4.69, 9.17) is 0 Å². The molecule has 0 aromatic rings. The van der Waals surface area contributed by atoms with Gasteiger partial charge >= 0.3 is 0 Å². The maximum Gasteiger partial charge on any atom is 0.104 e. The van der Waals surface area contributed by atoms with Crippen molar-refractivity contribution in [2.45, 2.75) is 0 Å². The van der Waals surface area contributed by atoms with Crippen LogP contribution in [0.1, 0.15) is 0 Å². The van der Waals surface area contributed by atoms with Crippen molar-refractivity contribution in [3.8, 4) is 0 Å². The van der Waals surface area contributed by atoms with Gasteiger partial charge in [0.1, 0.15) is 5.77 Å². The smallest absolute Gasteiger partial charge is 0.104 e. The van der Waals surface area contributed by atoms with Crippen molar-refractivity contribution in [2.24, 2.45) is 0 Å². The van der Waals surface area contributed by atoms with Gasteiger partial charge in [-0.05, 0) is 28.2 Å². The fourth-order valence-electron chi connectivity index (χ4n) is 0.653. The van der Waals surface area contributed by atoms with Gasteiger partial charge in [-0.1, -0.05) is 0 Å². The van der Waals surface area contributed by atoms with Crippen LogP contribution >= 0.6 is 12.5 Å². The topological polar surface area (TPSA) is 0 Å². The van der Waals surface area contributed by atoms with E-state index in [1.54, 1.807) is 14.1 Å². The molecule has 0 aromatic heterocycles. The molecule has 0 aliphatic heterocycles. The minimum Gasteiger partial charge on any atom is -0.414 e. The first-order valence-corrected chi connectivity index (χ1v) is 4.59. The Kier molecular flexibility index (Phi) is 12.2. The second-order valence-corrected chi connectivity index (χ2v) is 2.91. The SMILES string of the molecule is [BH-][B][B][B][B][B][B][B]B(S)[B][B][BH-]. The Morgan fingerprint density at radius 2 is 1.38 bits per heavy atom. The number of rotatable bonds is 9. The molecule has 0 aliphatic carbocycles. The molecule has 0 heterocycles. The van der Waals surface area contributed by atoms with E-state index in [1.165, 1.54) is 0 Å². The lowest BCUT2D eigenvalue weighted by Gasteiger charge is -2.05. The average Bonchev–Trinajstić information content (AvgIpc) is 2.11. The maximum absolute atomic E-state index is 4.27. The molecule has 0 aromatic carbocycles. The first kappa shape index (κ1) is 14.1. The largest absolute Gasteiger partial charge is 0.414 e.